The number of amides is 3. The Bertz CT molecular complexity index is 1450. The molecule has 0 atom stereocenters. The first-order chi connectivity index (χ1) is 19.5. The Labute approximate surface area is 232 Å². The molecule has 6 rings (SSSR count). The second-order valence-electron chi connectivity index (χ2n) is 10.2. The van der Waals surface area contributed by atoms with Crippen molar-refractivity contribution in [1.29, 1.82) is 0 Å². The van der Waals surface area contributed by atoms with Gasteiger partial charge in [0.1, 0.15) is 12.4 Å². The number of benzene rings is 1. The highest BCUT2D eigenvalue weighted by atomic mass is 16.5. The molecule has 2 fully saturated rings. The fourth-order valence-corrected chi connectivity index (χ4v) is 5.09. The van der Waals surface area contributed by atoms with Crippen LogP contribution in [-0.4, -0.2) is 101 Å². The van der Waals surface area contributed by atoms with Crippen molar-refractivity contribution in [2.24, 2.45) is 0 Å². The molecule has 1 aromatic carbocycles. The Balaban J connectivity index is 1.10. The van der Waals surface area contributed by atoms with Gasteiger partial charge in [0.15, 0.2) is 0 Å². The van der Waals surface area contributed by atoms with Crippen molar-refractivity contribution < 1.29 is 14.3 Å². The number of nitrogens with zero attached hydrogens (tertiary/aromatic N) is 6. The van der Waals surface area contributed by atoms with Gasteiger partial charge in [-0.1, -0.05) is 6.07 Å². The summed E-state index contributed by atoms with van der Waals surface area (Å²) in [5, 5.41) is 6.07. The zero-order chi connectivity index (χ0) is 27.5. The molecule has 206 valence electrons. The van der Waals surface area contributed by atoms with Crippen LogP contribution in [0, 0.1) is 0 Å². The van der Waals surface area contributed by atoms with Crippen LogP contribution in [0.2, 0.25) is 0 Å². The molecule has 11 nitrogen and oxygen atoms in total. The summed E-state index contributed by atoms with van der Waals surface area (Å²) in [4.78, 5) is 44.2. The zero-order valence-electron chi connectivity index (χ0n) is 22.5. The maximum atomic E-state index is 13.0. The number of piperazine rings is 1. The maximum Gasteiger partial charge on any atom is 0.317 e. The lowest BCUT2D eigenvalue weighted by molar-refractivity contribution is -0.128. The third-order valence-corrected chi connectivity index (χ3v) is 7.40. The lowest BCUT2D eigenvalue weighted by atomic mass is 10.1. The normalized spacial score (nSPS) is 16.9. The smallest absolute Gasteiger partial charge is 0.317 e. The minimum Gasteiger partial charge on any atom is -0.492 e. The molecule has 0 spiro atoms. The van der Waals surface area contributed by atoms with Crippen LogP contribution in [0.4, 0.5) is 16.4 Å². The largest absolute Gasteiger partial charge is 0.492 e. The molecule has 3 aliphatic rings. The first kappa shape index (κ1) is 25.8. The standard InChI is InChI=1S/C29H32N8O3/c1-35-10-12-36(13-11-35)27(38)22-16-20-2-3-23(18-21(20)17-22)33-28-31-7-5-25(34-28)26-19-24(4-6-30-26)40-15-14-37-9-8-32-29(37)39/h2-7,17-19H,8-16H2,1H3,(H,32,39)(H,31,33,34). The number of likely N-dealkylation sites (N-methyl/N-ethyl adjacent to an activating group) is 1. The first-order valence-electron chi connectivity index (χ1n) is 13.6. The quantitative estimate of drug-likeness (QED) is 0.448. The average Bonchev–Trinajstić information content (AvgIpc) is 3.59. The van der Waals surface area contributed by atoms with E-state index in [9.17, 15) is 9.59 Å². The summed E-state index contributed by atoms with van der Waals surface area (Å²) in [6.45, 7) is 5.62. The number of rotatable bonds is 8. The highest BCUT2D eigenvalue weighted by Gasteiger charge is 2.25. The predicted molar refractivity (Wildman–Crippen MR) is 151 cm³/mol. The van der Waals surface area contributed by atoms with E-state index in [-0.39, 0.29) is 11.9 Å². The van der Waals surface area contributed by atoms with Crippen molar-refractivity contribution in [3.05, 3.63) is 65.5 Å². The summed E-state index contributed by atoms with van der Waals surface area (Å²) in [5.74, 6) is 1.24. The summed E-state index contributed by atoms with van der Waals surface area (Å²) in [5.41, 5.74) is 5.18. The van der Waals surface area contributed by atoms with Crippen molar-refractivity contribution in [3.63, 3.8) is 0 Å². The van der Waals surface area contributed by atoms with Crippen molar-refractivity contribution >= 4 is 29.7 Å². The molecule has 2 N–H and O–H groups in total. The number of urea groups is 1. The van der Waals surface area contributed by atoms with Crippen LogP contribution < -0.4 is 15.4 Å². The van der Waals surface area contributed by atoms with E-state index in [1.54, 1.807) is 29.4 Å². The van der Waals surface area contributed by atoms with Gasteiger partial charge in [0.25, 0.3) is 0 Å². The second-order valence-corrected chi connectivity index (χ2v) is 10.2. The number of nitrogens with one attached hydrogen (secondary N) is 2. The van der Waals surface area contributed by atoms with Gasteiger partial charge < -0.3 is 30.1 Å². The van der Waals surface area contributed by atoms with Gasteiger partial charge in [-0.05, 0) is 48.5 Å². The van der Waals surface area contributed by atoms with Crippen LogP contribution in [0.15, 0.2) is 54.4 Å². The van der Waals surface area contributed by atoms with Crippen LogP contribution >= 0.6 is 0 Å². The molecule has 2 aliphatic heterocycles. The molecule has 11 heteroatoms. The number of carbonyl (C=O) groups excluding carboxylic acids is 2. The number of fused-ring (bicyclic) bond motifs is 1. The van der Waals surface area contributed by atoms with E-state index in [2.05, 4.69) is 43.6 Å². The molecule has 0 bridgehead atoms. The van der Waals surface area contributed by atoms with Gasteiger partial charge in [-0.25, -0.2) is 14.8 Å². The summed E-state index contributed by atoms with van der Waals surface area (Å²) in [6, 6.07) is 11.4. The molecule has 1 aliphatic carbocycles. The Morgan fingerprint density at radius 3 is 2.70 bits per heavy atom. The number of anilines is 2. The Kier molecular flexibility index (Phi) is 7.28. The first-order valence-corrected chi connectivity index (χ1v) is 13.6. The molecular formula is C29H32N8O3. The van der Waals surface area contributed by atoms with Crippen LogP contribution in [-0.2, 0) is 11.2 Å². The van der Waals surface area contributed by atoms with E-state index in [4.69, 9.17) is 4.74 Å². The molecule has 0 unspecified atom stereocenters. The molecule has 4 heterocycles. The lowest BCUT2D eigenvalue weighted by Crippen LogP contribution is -2.47. The van der Waals surface area contributed by atoms with E-state index < -0.39 is 0 Å². The molecule has 40 heavy (non-hydrogen) atoms. The van der Waals surface area contributed by atoms with Crippen molar-refractivity contribution in [2.75, 3.05) is 64.8 Å². The minimum absolute atomic E-state index is 0.0565. The predicted octanol–water partition coefficient (Wildman–Crippen LogP) is 2.40. The number of hydrogen-bond acceptors (Lipinski definition) is 8. The number of ether oxygens (including phenoxy) is 1. The Morgan fingerprint density at radius 1 is 1.02 bits per heavy atom. The Hall–Kier alpha value is -4.51. The SMILES string of the molecule is CN1CCN(C(=O)C2=Cc3cc(Nc4nccc(-c5cc(OCCN6CCNC6=O)ccn5)n4)ccc3C2)CC1. The van der Waals surface area contributed by atoms with Crippen LogP contribution in [0.1, 0.15) is 11.1 Å². The topological polar surface area (TPSA) is 116 Å². The third-order valence-electron chi connectivity index (χ3n) is 7.40. The van der Waals surface area contributed by atoms with Crippen molar-refractivity contribution in [2.45, 2.75) is 6.42 Å². The van der Waals surface area contributed by atoms with Crippen molar-refractivity contribution in [1.82, 2.24) is 35.0 Å². The fraction of sp³-hybridized carbons (Fsp3) is 0.345. The van der Waals surface area contributed by atoms with Gasteiger partial charge >= 0.3 is 6.03 Å². The number of carbonyl (C=O) groups is 2. The third kappa shape index (κ3) is 5.74. The molecule has 3 aromatic rings. The monoisotopic (exact) mass is 540 g/mol. The number of aromatic nitrogens is 3. The van der Waals surface area contributed by atoms with E-state index >= 15 is 0 Å². The van der Waals surface area contributed by atoms with Gasteiger partial charge in [-0.3, -0.25) is 9.78 Å². The summed E-state index contributed by atoms with van der Waals surface area (Å²) in [7, 11) is 2.09. The van der Waals surface area contributed by atoms with Gasteiger partial charge in [-0.2, -0.15) is 0 Å². The van der Waals surface area contributed by atoms with E-state index in [0.29, 0.717) is 55.7 Å². The highest BCUT2D eigenvalue weighted by molar-refractivity contribution is 6.00. The summed E-state index contributed by atoms with van der Waals surface area (Å²) >= 11 is 0. The van der Waals surface area contributed by atoms with Gasteiger partial charge in [-0.15, -0.1) is 0 Å². The fourth-order valence-electron chi connectivity index (χ4n) is 5.09. The summed E-state index contributed by atoms with van der Waals surface area (Å²) in [6.07, 6.45) is 6.02. The second kappa shape index (κ2) is 11.3. The van der Waals surface area contributed by atoms with Gasteiger partial charge in [0, 0.05) is 75.4 Å². The maximum absolute atomic E-state index is 13.0. The van der Waals surface area contributed by atoms with Crippen LogP contribution in [0.25, 0.3) is 17.5 Å². The molecule has 0 saturated carbocycles. The van der Waals surface area contributed by atoms with Crippen molar-refractivity contribution in [3.8, 4) is 17.1 Å². The van der Waals surface area contributed by atoms with E-state index in [1.165, 1.54) is 0 Å². The number of hydrogen-bond donors (Lipinski definition) is 2. The lowest BCUT2D eigenvalue weighted by Gasteiger charge is -2.32. The Morgan fingerprint density at radius 2 is 1.88 bits per heavy atom. The summed E-state index contributed by atoms with van der Waals surface area (Å²) < 4.78 is 5.86. The molecular weight excluding hydrogens is 508 g/mol. The van der Waals surface area contributed by atoms with Gasteiger partial charge in [0.2, 0.25) is 11.9 Å². The molecule has 3 amide bonds. The zero-order valence-corrected chi connectivity index (χ0v) is 22.5. The molecule has 2 aromatic heterocycles. The van der Waals surface area contributed by atoms with Crippen LogP contribution in [0.3, 0.4) is 0 Å². The van der Waals surface area contributed by atoms with E-state index in [1.807, 2.05) is 29.2 Å². The highest BCUT2D eigenvalue weighted by Crippen LogP contribution is 2.30. The number of pyridine rings is 1. The molecule has 0 radical (unpaired) electrons. The molecule has 2 saturated heterocycles. The average molecular weight is 541 g/mol. The van der Waals surface area contributed by atoms with Gasteiger partial charge in [0.05, 0.1) is 17.9 Å². The van der Waals surface area contributed by atoms with Crippen LogP contribution in [0.5, 0.6) is 5.75 Å². The van der Waals surface area contributed by atoms with E-state index in [0.717, 1.165) is 48.6 Å². The minimum atomic E-state index is -0.0565.